The van der Waals surface area contributed by atoms with E-state index < -0.39 is 0 Å². The van der Waals surface area contributed by atoms with Crippen LogP contribution in [0.5, 0.6) is 0 Å². The molecule has 0 saturated carbocycles. The molecule has 1 amide bonds. The highest BCUT2D eigenvalue weighted by Gasteiger charge is 2.49. The second-order valence-corrected chi connectivity index (χ2v) is 5.54. The average Bonchev–Trinajstić information content (AvgIpc) is 3.11. The fraction of sp³-hybridized carbons (Fsp3) is 0.167. The molecule has 0 N–H and O–H groups in total. The third-order valence-corrected chi connectivity index (χ3v) is 4.27. The number of aliphatic imine (C=N–C) groups is 1. The summed E-state index contributed by atoms with van der Waals surface area (Å²) in [5.41, 5.74) is 2.78. The smallest absolute Gasteiger partial charge is 0.311 e. The van der Waals surface area contributed by atoms with Crippen LogP contribution in [0, 0.1) is 11.5 Å². The zero-order valence-corrected chi connectivity index (χ0v) is 12.2. The summed E-state index contributed by atoms with van der Waals surface area (Å²) in [6.45, 7) is 0. The number of benzene rings is 2. The van der Waals surface area contributed by atoms with E-state index in [0.717, 1.165) is 5.56 Å². The fourth-order valence-electron chi connectivity index (χ4n) is 3.32. The molecule has 5 nitrogen and oxygen atoms in total. The SMILES string of the molecule is N#CN=C1O[C@@H]2Cc3ccccc3[C@@H]2N1C(=O)c1ccccc1. The number of ether oxygens (including phenoxy) is 1. The number of hydrogen-bond acceptors (Lipinski definition) is 4. The van der Waals surface area contributed by atoms with Crippen molar-refractivity contribution >= 4 is 11.9 Å². The zero-order chi connectivity index (χ0) is 15.8. The summed E-state index contributed by atoms with van der Waals surface area (Å²) in [5, 5.41) is 8.90. The van der Waals surface area contributed by atoms with Gasteiger partial charge in [-0.15, -0.1) is 4.99 Å². The van der Waals surface area contributed by atoms with Crippen molar-refractivity contribution in [3.05, 3.63) is 71.3 Å². The van der Waals surface area contributed by atoms with Crippen LogP contribution in [0.4, 0.5) is 0 Å². The maximum absolute atomic E-state index is 12.9. The summed E-state index contributed by atoms with van der Waals surface area (Å²) < 4.78 is 5.80. The number of rotatable bonds is 1. The molecule has 0 radical (unpaired) electrons. The second-order valence-electron chi connectivity index (χ2n) is 5.54. The van der Waals surface area contributed by atoms with Gasteiger partial charge in [-0.25, -0.2) is 4.90 Å². The predicted molar refractivity (Wildman–Crippen MR) is 83.4 cm³/mol. The van der Waals surface area contributed by atoms with Gasteiger partial charge in [0.15, 0.2) is 0 Å². The maximum Gasteiger partial charge on any atom is 0.311 e. The predicted octanol–water partition coefficient (Wildman–Crippen LogP) is 2.66. The van der Waals surface area contributed by atoms with Crippen LogP contribution in [0.2, 0.25) is 0 Å². The third kappa shape index (κ3) is 2.08. The number of carbonyl (C=O) groups is 1. The Bertz CT molecular complexity index is 839. The molecule has 1 heterocycles. The normalized spacial score (nSPS) is 23.1. The van der Waals surface area contributed by atoms with E-state index in [2.05, 4.69) is 4.99 Å². The maximum atomic E-state index is 12.9. The Balaban J connectivity index is 1.80. The van der Waals surface area contributed by atoms with Gasteiger partial charge in [-0.3, -0.25) is 4.79 Å². The summed E-state index contributed by atoms with van der Waals surface area (Å²) >= 11 is 0. The van der Waals surface area contributed by atoms with Crippen molar-refractivity contribution in [2.75, 3.05) is 0 Å². The molecule has 2 aromatic rings. The van der Waals surface area contributed by atoms with Crippen LogP contribution < -0.4 is 0 Å². The first-order chi connectivity index (χ1) is 11.3. The van der Waals surface area contributed by atoms with Gasteiger partial charge in [0.05, 0.1) is 0 Å². The van der Waals surface area contributed by atoms with Crippen LogP contribution >= 0.6 is 0 Å². The van der Waals surface area contributed by atoms with E-state index in [4.69, 9.17) is 10.00 Å². The molecule has 5 heteroatoms. The Morgan fingerprint density at radius 2 is 1.91 bits per heavy atom. The lowest BCUT2D eigenvalue weighted by Crippen LogP contribution is -2.35. The number of fused-ring (bicyclic) bond motifs is 3. The molecule has 0 spiro atoms. The second kappa shape index (κ2) is 5.25. The highest BCUT2D eigenvalue weighted by Crippen LogP contribution is 2.43. The summed E-state index contributed by atoms with van der Waals surface area (Å²) in [6.07, 6.45) is 2.25. The molecule has 1 saturated heterocycles. The molecular weight excluding hydrogens is 290 g/mol. The summed E-state index contributed by atoms with van der Waals surface area (Å²) in [7, 11) is 0. The van der Waals surface area contributed by atoms with Gasteiger partial charge in [0, 0.05) is 12.0 Å². The molecule has 1 aliphatic heterocycles. The monoisotopic (exact) mass is 303 g/mol. The molecule has 23 heavy (non-hydrogen) atoms. The van der Waals surface area contributed by atoms with Crippen molar-refractivity contribution < 1.29 is 9.53 Å². The van der Waals surface area contributed by atoms with E-state index in [9.17, 15) is 4.79 Å². The van der Waals surface area contributed by atoms with Gasteiger partial charge >= 0.3 is 6.02 Å². The van der Waals surface area contributed by atoms with E-state index in [1.807, 2.05) is 42.5 Å². The molecule has 2 aromatic carbocycles. The van der Waals surface area contributed by atoms with Crippen molar-refractivity contribution in [2.45, 2.75) is 18.6 Å². The largest absolute Gasteiger partial charge is 0.458 e. The van der Waals surface area contributed by atoms with E-state index in [0.29, 0.717) is 12.0 Å². The third-order valence-electron chi connectivity index (χ3n) is 4.27. The number of hydrogen-bond donors (Lipinski definition) is 0. The Morgan fingerprint density at radius 1 is 1.17 bits per heavy atom. The highest BCUT2D eigenvalue weighted by molar-refractivity contribution is 6.05. The lowest BCUT2D eigenvalue weighted by Gasteiger charge is -2.21. The first kappa shape index (κ1) is 13.5. The fourth-order valence-corrected chi connectivity index (χ4v) is 3.32. The van der Waals surface area contributed by atoms with Gasteiger partial charge < -0.3 is 4.74 Å². The van der Waals surface area contributed by atoms with Crippen LogP contribution in [-0.4, -0.2) is 22.9 Å². The molecule has 1 fully saturated rings. The minimum absolute atomic E-state index is 0.0888. The van der Waals surface area contributed by atoms with Gasteiger partial charge in [0.2, 0.25) is 6.19 Å². The molecule has 4 rings (SSSR count). The molecule has 112 valence electrons. The average molecular weight is 303 g/mol. The van der Waals surface area contributed by atoms with Gasteiger partial charge in [-0.1, -0.05) is 42.5 Å². The number of nitrogens with zero attached hydrogens (tertiary/aromatic N) is 3. The standard InChI is InChI=1S/C18H13N3O2/c19-11-20-18-21(17(22)12-6-2-1-3-7-12)16-14-9-5-4-8-13(14)10-15(16)23-18/h1-9,15-16H,10H2/t15-,16+/m1/s1. The van der Waals surface area contributed by atoms with Crippen molar-refractivity contribution in [3.63, 3.8) is 0 Å². The Kier molecular flexibility index (Phi) is 3.09. The first-order valence-electron chi connectivity index (χ1n) is 7.39. The van der Waals surface area contributed by atoms with Gasteiger partial charge in [-0.2, -0.15) is 5.26 Å². The minimum Gasteiger partial charge on any atom is -0.458 e. The number of amidine groups is 1. The van der Waals surface area contributed by atoms with E-state index in [-0.39, 0.29) is 24.1 Å². The first-order valence-corrected chi connectivity index (χ1v) is 7.39. The molecular formula is C18H13N3O2. The van der Waals surface area contributed by atoms with Crippen LogP contribution in [-0.2, 0) is 11.2 Å². The minimum atomic E-state index is -0.231. The molecule has 1 aliphatic carbocycles. The highest BCUT2D eigenvalue weighted by atomic mass is 16.5. The molecule has 0 aromatic heterocycles. The van der Waals surface area contributed by atoms with Crippen molar-refractivity contribution in [3.8, 4) is 6.19 Å². The summed E-state index contributed by atoms with van der Waals surface area (Å²) in [6, 6.07) is 16.8. The Labute approximate surface area is 133 Å². The summed E-state index contributed by atoms with van der Waals surface area (Å²) in [5.74, 6) is -0.205. The van der Waals surface area contributed by atoms with E-state index in [1.54, 1.807) is 18.3 Å². The quantitative estimate of drug-likeness (QED) is 0.761. The topological polar surface area (TPSA) is 65.7 Å². The van der Waals surface area contributed by atoms with Gasteiger partial charge in [0.1, 0.15) is 12.1 Å². The lowest BCUT2D eigenvalue weighted by atomic mass is 10.1. The zero-order valence-electron chi connectivity index (χ0n) is 12.2. The van der Waals surface area contributed by atoms with Gasteiger partial charge in [0.25, 0.3) is 5.91 Å². The molecule has 0 unspecified atom stereocenters. The van der Waals surface area contributed by atoms with Crippen LogP contribution in [0.25, 0.3) is 0 Å². The molecule has 2 atom stereocenters. The Morgan fingerprint density at radius 3 is 2.70 bits per heavy atom. The van der Waals surface area contributed by atoms with E-state index >= 15 is 0 Å². The number of nitriles is 1. The van der Waals surface area contributed by atoms with Crippen molar-refractivity contribution in [1.82, 2.24) is 4.90 Å². The van der Waals surface area contributed by atoms with E-state index in [1.165, 1.54) is 10.5 Å². The number of amides is 1. The van der Waals surface area contributed by atoms with Crippen LogP contribution in [0.3, 0.4) is 0 Å². The summed E-state index contributed by atoms with van der Waals surface area (Å²) in [4.78, 5) is 18.2. The number of carbonyl (C=O) groups excluding carboxylic acids is 1. The van der Waals surface area contributed by atoms with Crippen LogP contribution in [0.15, 0.2) is 59.6 Å². The molecule has 0 bridgehead atoms. The van der Waals surface area contributed by atoms with Crippen LogP contribution in [0.1, 0.15) is 27.5 Å². The lowest BCUT2D eigenvalue weighted by molar-refractivity contribution is 0.0811. The van der Waals surface area contributed by atoms with Crippen molar-refractivity contribution in [2.24, 2.45) is 4.99 Å². The van der Waals surface area contributed by atoms with Gasteiger partial charge in [-0.05, 0) is 23.3 Å². The Hall–Kier alpha value is -3.13. The van der Waals surface area contributed by atoms with Crippen molar-refractivity contribution in [1.29, 1.82) is 5.26 Å². The molecule has 2 aliphatic rings.